The third-order valence-corrected chi connectivity index (χ3v) is 4.51. The number of rotatable bonds is 1. The Morgan fingerprint density at radius 3 is 2.74 bits per heavy atom. The molecule has 116 valence electrons. The van der Waals surface area contributed by atoms with Gasteiger partial charge in [0.1, 0.15) is 11.9 Å². The summed E-state index contributed by atoms with van der Waals surface area (Å²) in [5.74, 6) is 0.917. The van der Waals surface area contributed by atoms with Crippen molar-refractivity contribution in [2.75, 3.05) is 6.54 Å². The Labute approximate surface area is 141 Å². The Bertz CT molecular complexity index is 789. The number of hydrogen-bond acceptors (Lipinski definition) is 2. The van der Waals surface area contributed by atoms with E-state index in [1.165, 1.54) is 11.1 Å². The lowest BCUT2D eigenvalue weighted by Gasteiger charge is -2.22. The van der Waals surface area contributed by atoms with Crippen LogP contribution in [0.4, 0.5) is 5.69 Å². The third kappa shape index (κ3) is 3.38. The monoisotopic (exact) mass is 323 g/mol. The fourth-order valence-corrected chi connectivity index (χ4v) is 3.15. The van der Waals surface area contributed by atoms with Crippen molar-refractivity contribution >= 4 is 23.1 Å². The highest BCUT2D eigenvalue weighted by Crippen LogP contribution is 2.27. The van der Waals surface area contributed by atoms with Crippen LogP contribution in [0.5, 0.6) is 0 Å². The van der Waals surface area contributed by atoms with Crippen molar-refractivity contribution in [2.45, 2.75) is 26.3 Å². The van der Waals surface area contributed by atoms with Crippen LogP contribution in [0, 0.1) is 11.3 Å². The molecule has 0 fully saturated rings. The van der Waals surface area contributed by atoms with Crippen LogP contribution in [0.15, 0.2) is 47.5 Å². The fourth-order valence-electron chi connectivity index (χ4n) is 2.94. The van der Waals surface area contributed by atoms with Crippen LogP contribution in [-0.4, -0.2) is 17.3 Å². The number of nitriles is 1. The van der Waals surface area contributed by atoms with Crippen LogP contribution < -0.4 is 0 Å². The summed E-state index contributed by atoms with van der Waals surface area (Å²) in [5, 5.41) is 9.73. The highest BCUT2D eigenvalue weighted by atomic mass is 35.5. The number of hydrogen-bond donors (Lipinski definition) is 0. The molecule has 0 saturated heterocycles. The number of aliphatic imine (C=N–C) groups is 1. The molecule has 2 aromatic carbocycles. The van der Waals surface area contributed by atoms with Gasteiger partial charge in [0.15, 0.2) is 0 Å². The van der Waals surface area contributed by atoms with Gasteiger partial charge in [-0.05, 0) is 43.0 Å². The molecule has 4 heteroatoms. The first kappa shape index (κ1) is 15.6. The number of amidine groups is 1. The van der Waals surface area contributed by atoms with Crippen LogP contribution in [0.2, 0.25) is 5.02 Å². The standard InChI is InChI=1S/C19H18ClN3/c1-14(22-19-10-4-9-18(20)17(19)12-21)23-11-5-8-15-6-2-3-7-16(15)13-23/h2-4,6-7,9-10H,5,8,11,13H2,1H3/b22-14+. The SMILES string of the molecule is C/C(=N\c1cccc(Cl)c1C#N)N1CCCc2ccccc2C1. The van der Waals surface area contributed by atoms with E-state index in [9.17, 15) is 5.26 Å². The normalized spacial score (nSPS) is 14.8. The Morgan fingerprint density at radius 1 is 1.17 bits per heavy atom. The highest BCUT2D eigenvalue weighted by Gasteiger charge is 2.15. The summed E-state index contributed by atoms with van der Waals surface area (Å²) in [5.41, 5.74) is 3.84. The molecular formula is C19H18ClN3. The topological polar surface area (TPSA) is 39.4 Å². The molecule has 3 nitrogen and oxygen atoms in total. The molecule has 0 saturated carbocycles. The van der Waals surface area contributed by atoms with Gasteiger partial charge in [-0.25, -0.2) is 4.99 Å². The minimum atomic E-state index is 0.434. The first-order valence-electron chi connectivity index (χ1n) is 7.74. The highest BCUT2D eigenvalue weighted by molar-refractivity contribution is 6.32. The van der Waals surface area contributed by atoms with Crippen LogP contribution in [-0.2, 0) is 13.0 Å². The molecule has 0 radical (unpaired) electrons. The average Bonchev–Trinajstić information content (AvgIpc) is 2.77. The van der Waals surface area contributed by atoms with Crippen LogP contribution >= 0.6 is 11.6 Å². The summed E-state index contributed by atoms with van der Waals surface area (Å²) >= 11 is 6.09. The second-order valence-electron chi connectivity index (χ2n) is 5.70. The van der Waals surface area contributed by atoms with Crippen LogP contribution in [0.1, 0.15) is 30.0 Å². The third-order valence-electron chi connectivity index (χ3n) is 4.20. The molecule has 3 rings (SSSR count). The van der Waals surface area contributed by atoms with Crippen molar-refractivity contribution in [2.24, 2.45) is 4.99 Å². The number of nitrogens with zero attached hydrogens (tertiary/aromatic N) is 3. The quantitative estimate of drug-likeness (QED) is 0.563. The summed E-state index contributed by atoms with van der Waals surface area (Å²) in [4.78, 5) is 6.94. The number of fused-ring (bicyclic) bond motifs is 1. The van der Waals surface area contributed by atoms with Gasteiger partial charge in [-0.1, -0.05) is 41.9 Å². The van der Waals surface area contributed by atoms with E-state index in [0.717, 1.165) is 31.8 Å². The molecule has 0 unspecified atom stereocenters. The zero-order chi connectivity index (χ0) is 16.2. The van der Waals surface area contributed by atoms with E-state index in [-0.39, 0.29) is 0 Å². The van der Waals surface area contributed by atoms with Gasteiger partial charge in [0, 0.05) is 13.1 Å². The van der Waals surface area contributed by atoms with Crippen molar-refractivity contribution in [3.8, 4) is 6.07 Å². The maximum Gasteiger partial charge on any atom is 0.103 e. The lowest BCUT2D eigenvalue weighted by atomic mass is 10.0. The maximum absolute atomic E-state index is 9.28. The molecule has 1 heterocycles. The molecule has 1 aliphatic rings. The minimum Gasteiger partial charge on any atom is -0.356 e. The first-order valence-corrected chi connectivity index (χ1v) is 8.12. The smallest absolute Gasteiger partial charge is 0.103 e. The second-order valence-corrected chi connectivity index (χ2v) is 6.11. The summed E-state index contributed by atoms with van der Waals surface area (Å²) in [7, 11) is 0. The molecule has 0 bridgehead atoms. The maximum atomic E-state index is 9.28. The van der Waals surface area contributed by atoms with Crippen molar-refractivity contribution in [1.82, 2.24) is 4.90 Å². The molecule has 1 aliphatic heterocycles. The van der Waals surface area contributed by atoms with E-state index < -0.39 is 0 Å². The van der Waals surface area contributed by atoms with Crippen LogP contribution in [0.3, 0.4) is 0 Å². The molecule has 2 aromatic rings. The van der Waals surface area contributed by atoms with Gasteiger partial charge in [0.25, 0.3) is 0 Å². The van der Waals surface area contributed by atoms with E-state index in [1.807, 2.05) is 19.1 Å². The zero-order valence-electron chi connectivity index (χ0n) is 13.1. The van der Waals surface area contributed by atoms with Gasteiger partial charge >= 0.3 is 0 Å². The van der Waals surface area contributed by atoms with E-state index in [2.05, 4.69) is 40.2 Å². The largest absolute Gasteiger partial charge is 0.356 e. The lowest BCUT2D eigenvalue weighted by molar-refractivity contribution is 0.415. The molecule has 0 aliphatic carbocycles. The van der Waals surface area contributed by atoms with Gasteiger partial charge in [-0.2, -0.15) is 5.26 Å². The first-order chi connectivity index (χ1) is 11.2. The van der Waals surface area contributed by atoms with E-state index >= 15 is 0 Å². The van der Waals surface area contributed by atoms with Crippen LogP contribution in [0.25, 0.3) is 0 Å². The van der Waals surface area contributed by atoms with E-state index in [0.29, 0.717) is 16.3 Å². The van der Waals surface area contributed by atoms with E-state index in [1.54, 1.807) is 6.07 Å². The number of aryl methyl sites for hydroxylation is 1. The fraction of sp³-hybridized carbons (Fsp3) is 0.263. The van der Waals surface area contributed by atoms with Gasteiger partial charge in [-0.3, -0.25) is 0 Å². The summed E-state index contributed by atoms with van der Waals surface area (Å²) < 4.78 is 0. The predicted molar refractivity (Wildman–Crippen MR) is 94.1 cm³/mol. The van der Waals surface area contributed by atoms with Gasteiger partial charge in [0.05, 0.1) is 16.3 Å². The lowest BCUT2D eigenvalue weighted by Crippen LogP contribution is -2.28. The van der Waals surface area contributed by atoms with Gasteiger partial charge in [0.2, 0.25) is 0 Å². The number of benzene rings is 2. The predicted octanol–water partition coefficient (Wildman–Crippen LogP) is 4.71. The molecular weight excluding hydrogens is 306 g/mol. The van der Waals surface area contributed by atoms with Gasteiger partial charge < -0.3 is 4.90 Å². The number of halogens is 1. The Hall–Kier alpha value is -2.31. The molecule has 0 atom stereocenters. The Kier molecular flexibility index (Phi) is 4.64. The molecule has 0 spiro atoms. The summed E-state index contributed by atoms with van der Waals surface area (Å²) in [6.45, 7) is 3.82. The molecule has 0 aromatic heterocycles. The summed E-state index contributed by atoms with van der Waals surface area (Å²) in [6.07, 6.45) is 2.20. The molecule has 0 N–H and O–H groups in total. The van der Waals surface area contributed by atoms with Crippen molar-refractivity contribution in [3.05, 3.63) is 64.2 Å². The van der Waals surface area contributed by atoms with Crippen molar-refractivity contribution < 1.29 is 0 Å². The van der Waals surface area contributed by atoms with E-state index in [4.69, 9.17) is 11.6 Å². The van der Waals surface area contributed by atoms with Crippen molar-refractivity contribution in [3.63, 3.8) is 0 Å². The van der Waals surface area contributed by atoms with Gasteiger partial charge in [-0.15, -0.1) is 0 Å². The molecule has 23 heavy (non-hydrogen) atoms. The van der Waals surface area contributed by atoms with Crippen molar-refractivity contribution in [1.29, 1.82) is 5.26 Å². The molecule has 0 amide bonds. The Balaban J connectivity index is 1.90. The average molecular weight is 324 g/mol. The Morgan fingerprint density at radius 2 is 1.96 bits per heavy atom. The minimum absolute atomic E-state index is 0.434. The second kappa shape index (κ2) is 6.85. The summed E-state index contributed by atoms with van der Waals surface area (Å²) in [6, 6.07) is 16.1. The zero-order valence-corrected chi connectivity index (χ0v) is 13.8.